The van der Waals surface area contributed by atoms with Crippen molar-refractivity contribution in [1.29, 1.82) is 0 Å². The van der Waals surface area contributed by atoms with Gasteiger partial charge in [-0.2, -0.15) is 0 Å². The molecular formula is C14H26O8. The summed E-state index contributed by atoms with van der Waals surface area (Å²) in [6.07, 6.45) is 0.491. The lowest BCUT2D eigenvalue weighted by Gasteiger charge is -2.07. The highest BCUT2D eigenvalue weighted by atomic mass is 16.6. The van der Waals surface area contributed by atoms with E-state index in [1.165, 1.54) is 14.2 Å². The van der Waals surface area contributed by atoms with E-state index in [4.69, 9.17) is 18.9 Å². The van der Waals surface area contributed by atoms with E-state index >= 15 is 0 Å². The van der Waals surface area contributed by atoms with Crippen molar-refractivity contribution in [2.75, 3.05) is 67.1 Å². The summed E-state index contributed by atoms with van der Waals surface area (Å²) in [5.74, 6) is -0.578. The first-order chi connectivity index (χ1) is 10.7. The van der Waals surface area contributed by atoms with E-state index in [9.17, 15) is 9.59 Å². The fraction of sp³-hybridized carbons (Fsp3) is 0.857. The molecule has 0 heterocycles. The van der Waals surface area contributed by atoms with Crippen LogP contribution >= 0.6 is 0 Å². The van der Waals surface area contributed by atoms with Gasteiger partial charge in [-0.1, -0.05) is 0 Å². The summed E-state index contributed by atoms with van der Waals surface area (Å²) < 4.78 is 29.9. The van der Waals surface area contributed by atoms with E-state index in [2.05, 4.69) is 9.47 Å². The standard InChI is InChI=1S/C14H26O8/c1-17-13(15)3-5-19-7-9-21-11-12-22-10-8-20-6-4-14(16)18-2/h3-12H2,1-2H3. The van der Waals surface area contributed by atoms with Crippen molar-refractivity contribution in [3.63, 3.8) is 0 Å². The molecule has 0 aromatic rings. The van der Waals surface area contributed by atoms with Crippen molar-refractivity contribution < 1.29 is 38.0 Å². The van der Waals surface area contributed by atoms with Gasteiger partial charge in [-0.25, -0.2) is 0 Å². The summed E-state index contributed by atoms with van der Waals surface area (Å²) in [6, 6.07) is 0. The third-order valence-corrected chi connectivity index (χ3v) is 2.47. The summed E-state index contributed by atoms with van der Waals surface area (Å²) >= 11 is 0. The van der Waals surface area contributed by atoms with Crippen molar-refractivity contribution >= 4 is 11.9 Å². The van der Waals surface area contributed by atoms with Crippen LogP contribution < -0.4 is 0 Å². The second-order valence-electron chi connectivity index (χ2n) is 4.10. The zero-order valence-electron chi connectivity index (χ0n) is 13.3. The Morgan fingerprint density at radius 3 is 1.09 bits per heavy atom. The molecule has 0 N–H and O–H groups in total. The molecule has 0 saturated heterocycles. The lowest BCUT2D eigenvalue weighted by molar-refractivity contribution is -0.143. The van der Waals surface area contributed by atoms with Crippen molar-refractivity contribution in [2.24, 2.45) is 0 Å². The Labute approximate surface area is 130 Å². The molecule has 0 amide bonds. The molecule has 22 heavy (non-hydrogen) atoms. The number of hydrogen-bond donors (Lipinski definition) is 0. The van der Waals surface area contributed by atoms with Gasteiger partial charge in [0, 0.05) is 0 Å². The minimum absolute atomic E-state index is 0.246. The minimum atomic E-state index is -0.289. The van der Waals surface area contributed by atoms with E-state index in [0.717, 1.165) is 0 Å². The number of esters is 2. The van der Waals surface area contributed by atoms with Crippen molar-refractivity contribution in [3.05, 3.63) is 0 Å². The predicted molar refractivity (Wildman–Crippen MR) is 76.5 cm³/mol. The Morgan fingerprint density at radius 2 is 0.818 bits per heavy atom. The topological polar surface area (TPSA) is 89.5 Å². The van der Waals surface area contributed by atoms with Gasteiger partial charge in [0.2, 0.25) is 0 Å². The molecule has 0 aliphatic carbocycles. The zero-order chi connectivity index (χ0) is 16.5. The van der Waals surface area contributed by atoms with Crippen LogP contribution in [0.3, 0.4) is 0 Å². The molecule has 130 valence electrons. The van der Waals surface area contributed by atoms with E-state index in [0.29, 0.717) is 52.9 Å². The van der Waals surface area contributed by atoms with Gasteiger partial charge in [-0.05, 0) is 0 Å². The minimum Gasteiger partial charge on any atom is -0.469 e. The molecule has 0 spiro atoms. The fourth-order valence-corrected chi connectivity index (χ4v) is 1.28. The fourth-order valence-electron chi connectivity index (χ4n) is 1.28. The summed E-state index contributed by atoms with van der Waals surface area (Å²) in [5, 5.41) is 0. The van der Waals surface area contributed by atoms with Crippen LogP contribution in [0.4, 0.5) is 0 Å². The van der Waals surface area contributed by atoms with Crippen LogP contribution in [-0.4, -0.2) is 79.0 Å². The molecule has 0 bridgehead atoms. The van der Waals surface area contributed by atoms with Crippen LogP contribution in [-0.2, 0) is 38.0 Å². The summed E-state index contributed by atoms with van der Waals surface area (Å²) in [6.45, 7) is 3.32. The Morgan fingerprint density at radius 1 is 0.545 bits per heavy atom. The lowest BCUT2D eigenvalue weighted by Crippen LogP contribution is -2.13. The zero-order valence-corrected chi connectivity index (χ0v) is 13.3. The van der Waals surface area contributed by atoms with Gasteiger partial charge in [0.1, 0.15) is 0 Å². The van der Waals surface area contributed by atoms with E-state index in [1.807, 2.05) is 0 Å². The molecule has 8 nitrogen and oxygen atoms in total. The molecule has 8 heteroatoms. The van der Waals surface area contributed by atoms with Gasteiger partial charge < -0.3 is 28.4 Å². The van der Waals surface area contributed by atoms with Gasteiger partial charge in [0.05, 0.1) is 79.9 Å². The Bertz CT molecular complexity index is 254. The normalized spacial score (nSPS) is 10.5. The van der Waals surface area contributed by atoms with Crippen LogP contribution in [0.2, 0.25) is 0 Å². The lowest BCUT2D eigenvalue weighted by atomic mass is 10.5. The number of carbonyl (C=O) groups excluding carboxylic acids is 2. The SMILES string of the molecule is COC(=O)CCOCCOCCOCCOCCC(=O)OC. The molecule has 0 unspecified atom stereocenters. The first-order valence-electron chi connectivity index (χ1n) is 7.15. The number of rotatable bonds is 15. The molecule has 0 aromatic heterocycles. The van der Waals surface area contributed by atoms with Crippen LogP contribution in [0.15, 0.2) is 0 Å². The van der Waals surface area contributed by atoms with E-state index in [-0.39, 0.29) is 24.8 Å². The Kier molecular flexibility index (Phi) is 15.3. The highest BCUT2D eigenvalue weighted by Gasteiger charge is 2.00. The van der Waals surface area contributed by atoms with Crippen molar-refractivity contribution in [2.45, 2.75) is 12.8 Å². The average molecular weight is 322 g/mol. The monoisotopic (exact) mass is 322 g/mol. The molecule has 0 aromatic carbocycles. The van der Waals surface area contributed by atoms with Gasteiger partial charge >= 0.3 is 11.9 Å². The van der Waals surface area contributed by atoms with Crippen LogP contribution in [0.5, 0.6) is 0 Å². The summed E-state index contributed by atoms with van der Waals surface area (Å²) in [7, 11) is 2.69. The van der Waals surface area contributed by atoms with Crippen molar-refractivity contribution in [1.82, 2.24) is 0 Å². The first kappa shape index (κ1) is 20.8. The Hall–Kier alpha value is -1.22. The summed E-state index contributed by atoms with van der Waals surface area (Å²) in [4.78, 5) is 21.6. The second kappa shape index (κ2) is 16.2. The number of carbonyl (C=O) groups is 2. The van der Waals surface area contributed by atoms with Gasteiger partial charge in [0.15, 0.2) is 0 Å². The molecule has 0 radical (unpaired) electrons. The Balaban J connectivity index is 3.05. The average Bonchev–Trinajstić information content (AvgIpc) is 2.54. The van der Waals surface area contributed by atoms with Crippen LogP contribution in [0, 0.1) is 0 Å². The maximum atomic E-state index is 10.8. The molecular weight excluding hydrogens is 296 g/mol. The number of ether oxygens (including phenoxy) is 6. The number of methoxy groups -OCH3 is 2. The molecule has 0 rings (SSSR count). The maximum absolute atomic E-state index is 10.8. The van der Waals surface area contributed by atoms with Gasteiger partial charge in [-0.15, -0.1) is 0 Å². The molecule has 0 fully saturated rings. The highest BCUT2D eigenvalue weighted by molar-refractivity contribution is 5.69. The quantitative estimate of drug-likeness (QED) is 0.311. The third kappa shape index (κ3) is 15.2. The molecule has 0 atom stereocenters. The predicted octanol–water partition coefficient (Wildman–Crippen LogP) is 0.179. The van der Waals surface area contributed by atoms with E-state index in [1.54, 1.807) is 0 Å². The first-order valence-corrected chi connectivity index (χ1v) is 7.15. The van der Waals surface area contributed by atoms with Crippen LogP contribution in [0.25, 0.3) is 0 Å². The smallest absolute Gasteiger partial charge is 0.307 e. The number of hydrogen-bond acceptors (Lipinski definition) is 8. The van der Waals surface area contributed by atoms with E-state index < -0.39 is 0 Å². The van der Waals surface area contributed by atoms with Crippen molar-refractivity contribution in [3.8, 4) is 0 Å². The molecule has 0 saturated carbocycles. The third-order valence-electron chi connectivity index (χ3n) is 2.47. The van der Waals surface area contributed by atoms with Gasteiger partial charge in [0.25, 0.3) is 0 Å². The highest BCUT2D eigenvalue weighted by Crippen LogP contribution is 1.88. The molecule has 0 aliphatic rings. The second-order valence-corrected chi connectivity index (χ2v) is 4.10. The summed E-state index contributed by atoms with van der Waals surface area (Å²) in [5.41, 5.74) is 0. The molecule has 0 aliphatic heterocycles. The van der Waals surface area contributed by atoms with Crippen LogP contribution in [0.1, 0.15) is 12.8 Å². The maximum Gasteiger partial charge on any atom is 0.307 e. The largest absolute Gasteiger partial charge is 0.469 e. The van der Waals surface area contributed by atoms with Gasteiger partial charge in [-0.3, -0.25) is 9.59 Å².